The van der Waals surface area contributed by atoms with Crippen LogP contribution in [0.3, 0.4) is 0 Å². The molecule has 0 saturated carbocycles. The number of rotatable bonds is 7. The van der Waals surface area contributed by atoms with Crippen molar-refractivity contribution in [3.8, 4) is 0 Å². The molecule has 0 aliphatic rings. The van der Waals surface area contributed by atoms with Gasteiger partial charge in [-0.25, -0.2) is 5.84 Å². The zero-order valence-electron chi connectivity index (χ0n) is 19.3. The highest BCUT2D eigenvalue weighted by Gasteiger charge is 2.17. The Bertz CT molecular complexity index is 1130. The Kier molecular flexibility index (Phi) is 7.98. The minimum Gasteiger partial charge on any atom is -0.404 e. The molecule has 0 spiro atoms. The molecule has 2 rings (SSSR count). The molecule has 0 fully saturated rings. The topological polar surface area (TPSA) is 166 Å². The third-order valence-electron chi connectivity index (χ3n) is 4.85. The van der Waals surface area contributed by atoms with E-state index in [1.54, 1.807) is 30.3 Å². The van der Waals surface area contributed by atoms with Crippen molar-refractivity contribution < 1.29 is 9.59 Å². The van der Waals surface area contributed by atoms with E-state index in [1.807, 2.05) is 33.8 Å². The lowest BCUT2D eigenvalue weighted by atomic mass is 10.0. The number of hydrogen-bond acceptors (Lipinski definition) is 8. The highest BCUT2D eigenvalue weighted by Crippen LogP contribution is 2.24. The fourth-order valence-electron chi connectivity index (χ4n) is 2.78. The number of nitrogens with zero attached hydrogens (tertiary/aromatic N) is 2. The first-order valence-corrected chi connectivity index (χ1v) is 10.2. The van der Waals surface area contributed by atoms with E-state index in [0.717, 1.165) is 5.56 Å². The fourth-order valence-corrected chi connectivity index (χ4v) is 2.78. The summed E-state index contributed by atoms with van der Waals surface area (Å²) in [6.07, 6.45) is 6.67. The van der Waals surface area contributed by atoms with Crippen LogP contribution in [0.25, 0.3) is 11.3 Å². The molecule has 0 radical (unpaired) electrons. The van der Waals surface area contributed by atoms with Gasteiger partial charge in [-0.2, -0.15) is 0 Å². The van der Waals surface area contributed by atoms with Gasteiger partial charge in [-0.15, -0.1) is 0 Å². The second-order valence-corrected chi connectivity index (χ2v) is 8.46. The third-order valence-corrected chi connectivity index (χ3v) is 4.85. The Hall–Kier alpha value is -4.11. The predicted octanol–water partition coefficient (Wildman–Crippen LogP) is 2.21. The van der Waals surface area contributed by atoms with E-state index in [9.17, 15) is 9.59 Å². The summed E-state index contributed by atoms with van der Waals surface area (Å²) in [6.45, 7) is 7.58. The normalized spacial score (nSPS) is 12.9. The number of allylic oxidation sites excluding steroid dienone is 2. The van der Waals surface area contributed by atoms with Crippen molar-refractivity contribution in [1.29, 1.82) is 0 Å². The summed E-state index contributed by atoms with van der Waals surface area (Å²) in [5, 5.41) is 4.13. The van der Waals surface area contributed by atoms with E-state index >= 15 is 0 Å². The number of aldehydes is 1. The molecular formula is C24H31N7O2. The molecule has 33 heavy (non-hydrogen) atoms. The Morgan fingerprint density at radius 2 is 1.85 bits per heavy atom. The number of pyridine rings is 1. The minimum absolute atomic E-state index is 0.0323. The summed E-state index contributed by atoms with van der Waals surface area (Å²) in [6, 6.07) is 8.67. The molecule has 0 aliphatic heterocycles. The van der Waals surface area contributed by atoms with Crippen molar-refractivity contribution >= 4 is 29.2 Å². The quantitative estimate of drug-likeness (QED) is 0.141. The highest BCUT2D eigenvalue weighted by atomic mass is 16.2. The lowest BCUT2D eigenvalue weighted by Gasteiger charge is -2.30. The standard InChI is InChI=1S/C24H31N7O2/c1-15-5-6-18(30-23(33)22(27)13-31(28)24(2,3)4)11-20(15)21(26)10-17(12-25)16-7-8-29-19(9-16)14-32/h5-14H,25-28H2,1-4H3,(H,30,33)/b17-12+,21-10-,22-13-. The molecular weight excluding hydrogens is 418 g/mol. The van der Waals surface area contributed by atoms with Crippen LogP contribution in [-0.4, -0.2) is 27.7 Å². The molecule has 1 aromatic heterocycles. The first kappa shape index (κ1) is 25.2. The number of amides is 1. The second-order valence-electron chi connectivity index (χ2n) is 8.46. The van der Waals surface area contributed by atoms with Crippen LogP contribution in [-0.2, 0) is 4.79 Å². The predicted molar refractivity (Wildman–Crippen MR) is 132 cm³/mol. The average molecular weight is 450 g/mol. The van der Waals surface area contributed by atoms with Gasteiger partial charge in [0.25, 0.3) is 5.91 Å². The molecule has 9 N–H and O–H groups in total. The summed E-state index contributed by atoms with van der Waals surface area (Å²) in [5.74, 6) is 5.43. The molecule has 2 aromatic rings. The number of hydrogen-bond donors (Lipinski definition) is 5. The van der Waals surface area contributed by atoms with Crippen LogP contribution in [0.5, 0.6) is 0 Å². The molecule has 0 unspecified atom stereocenters. The van der Waals surface area contributed by atoms with Gasteiger partial charge in [-0.05, 0) is 74.7 Å². The Morgan fingerprint density at radius 3 is 2.45 bits per heavy atom. The van der Waals surface area contributed by atoms with E-state index in [1.165, 1.54) is 23.6 Å². The Labute approximate surface area is 193 Å². The second kappa shape index (κ2) is 10.5. The van der Waals surface area contributed by atoms with Crippen molar-refractivity contribution in [2.75, 3.05) is 5.32 Å². The Morgan fingerprint density at radius 1 is 1.15 bits per heavy atom. The summed E-state index contributed by atoms with van der Waals surface area (Å²) in [4.78, 5) is 27.5. The highest BCUT2D eigenvalue weighted by molar-refractivity contribution is 6.03. The van der Waals surface area contributed by atoms with E-state index in [4.69, 9.17) is 23.0 Å². The van der Waals surface area contributed by atoms with E-state index in [0.29, 0.717) is 34.4 Å². The van der Waals surface area contributed by atoms with Gasteiger partial charge in [0.2, 0.25) is 0 Å². The van der Waals surface area contributed by atoms with Gasteiger partial charge in [0.1, 0.15) is 11.4 Å². The summed E-state index contributed by atoms with van der Waals surface area (Å²) < 4.78 is 0. The number of anilines is 1. The van der Waals surface area contributed by atoms with Crippen molar-refractivity contribution in [2.24, 2.45) is 23.0 Å². The van der Waals surface area contributed by atoms with Crippen LogP contribution in [0.1, 0.15) is 48.0 Å². The maximum Gasteiger partial charge on any atom is 0.273 e. The number of aromatic nitrogens is 1. The van der Waals surface area contributed by atoms with Crippen LogP contribution in [0.4, 0.5) is 5.69 Å². The maximum atomic E-state index is 12.5. The van der Waals surface area contributed by atoms with E-state index < -0.39 is 11.4 Å². The van der Waals surface area contributed by atoms with Crippen LogP contribution in [0.15, 0.2) is 60.7 Å². The molecule has 9 nitrogen and oxygen atoms in total. The largest absolute Gasteiger partial charge is 0.404 e. The minimum atomic E-state index is -0.493. The van der Waals surface area contributed by atoms with Gasteiger partial charge >= 0.3 is 0 Å². The van der Waals surface area contributed by atoms with Gasteiger partial charge in [0, 0.05) is 41.1 Å². The van der Waals surface area contributed by atoms with Crippen LogP contribution in [0, 0.1) is 6.92 Å². The number of hydrazine groups is 1. The number of benzene rings is 1. The molecule has 1 aromatic carbocycles. The van der Waals surface area contributed by atoms with Crippen LogP contribution < -0.4 is 28.4 Å². The van der Waals surface area contributed by atoms with Crippen LogP contribution >= 0.6 is 0 Å². The number of carbonyl (C=O) groups excluding carboxylic acids is 2. The monoisotopic (exact) mass is 449 g/mol. The number of nitrogens with two attached hydrogens (primary N) is 4. The fraction of sp³-hybridized carbons (Fsp3) is 0.208. The van der Waals surface area contributed by atoms with Gasteiger partial charge < -0.3 is 27.5 Å². The number of nitrogens with one attached hydrogen (secondary N) is 1. The SMILES string of the molecule is Cc1ccc(NC(=O)/C(N)=C/N(N)C(C)(C)C)cc1/C(N)=C/C(=C\N)c1ccnc(C=O)c1. The summed E-state index contributed by atoms with van der Waals surface area (Å²) >= 11 is 0. The third kappa shape index (κ3) is 6.68. The Balaban J connectivity index is 2.31. The van der Waals surface area contributed by atoms with E-state index in [-0.39, 0.29) is 11.4 Å². The zero-order chi connectivity index (χ0) is 24.8. The summed E-state index contributed by atoms with van der Waals surface area (Å²) in [7, 11) is 0. The smallest absolute Gasteiger partial charge is 0.273 e. The van der Waals surface area contributed by atoms with Gasteiger partial charge in [0.15, 0.2) is 6.29 Å². The molecule has 0 atom stereocenters. The molecule has 1 heterocycles. The van der Waals surface area contributed by atoms with Crippen molar-refractivity contribution in [2.45, 2.75) is 33.2 Å². The average Bonchev–Trinajstić information content (AvgIpc) is 2.77. The zero-order valence-corrected chi connectivity index (χ0v) is 19.3. The van der Waals surface area contributed by atoms with E-state index in [2.05, 4.69) is 10.3 Å². The molecule has 0 saturated heterocycles. The van der Waals surface area contributed by atoms with Crippen molar-refractivity contribution in [1.82, 2.24) is 9.99 Å². The summed E-state index contributed by atoms with van der Waals surface area (Å²) in [5.41, 5.74) is 21.8. The molecule has 9 heteroatoms. The van der Waals surface area contributed by atoms with Gasteiger partial charge in [-0.1, -0.05) is 6.07 Å². The number of carbonyl (C=O) groups is 2. The van der Waals surface area contributed by atoms with Crippen molar-refractivity contribution in [3.05, 3.63) is 83.1 Å². The van der Waals surface area contributed by atoms with Crippen molar-refractivity contribution in [3.63, 3.8) is 0 Å². The maximum absolute atomic E-state index is 12.5. The molecule has 0 aliphatic carbocycles. The number of aryl methyl sites for hydroxylation is 1. The lowest BCUT2D eigenvalue weighted by molar-refractivity contribution is -0.113. The first-order valence-electron chi connectivity index (χ1n) is 10.2. The molecule has 1 amide bonds. The lowest BCUT2D eigenvalue weighted by Crippen LogP contribution is -2.43. The van der Waals surface area contributed by atoms with Crippen LogP contribution in [0.2, 0.25) is 0 Å². The van der Waals surface area contributed by atoms with Gasteiger partial charge in [-0.3, -0.25) is 14.6 Å². The molecule has 0 bridgehead atoms. The van der Waals surface area contributed by atoms with Gasteiger partial charge in [0.05, 0.1) is 0 Å². The molecule has 174 valence electrons. The first-order chi connectivity index (χ1) is 15.5.